The van der Waals surface area contributed by atoms with Crippen LogP contribution in [-0.2, 0) is 4.79 Å². The maximum absolute atomic E-state index is 11.6. The minimum absolute atomic E-state index is 0.322. The van der Waals surface area contributed by atoms with Crippen molar-refractivity contribution in [1.29, 1.82) is 0 Å². The molecule has 0 spiro atoms. The third-order valence-corrected chi connectivity index (χ3v) is 4.62. The van der Waals surface area contributed by atoms with Crippen LogP contribution in [0.5, 0.6) is 0 Å². The topological polar surface area (TPSA) is 63.3 Å². The van der Waals surface area contributed by atoms with E-state index < -0.39 is 11.9 Å². The number of hydrogen-bond donors (Lipinski definition) is 2. The minimum atomic E-state index is -0.861. The zero-order valence-electron chi connectivity index (χ0n) is 11.2. The van der Waals surface area contributed by atoms with Gasteiger partial charge in [-0.1, -0.05) is 55.3 Å². The SMILES string of the molecule is Nc1c(Cl)cc(Cl)cc1C(CC1CCCCC1)C(=O)O. The lowest BCUT2D eigenvalue weighted by Crippen LogP contribution is -2.19. The minimum Gasteiger partial charge on any atom is -0.481 e. The molecule has 0 radical (unpaired) electrons. The summed E-state index contributed by atoms with van der Waals surface area (Å²) in [6.45, 7) is 0. The molecule has 2 rings (SSSR count). The number of carbonyl (C=O) groups is 1. The summed E-state index contributed by atoms with van der Waals surface area (Å²) >= 11 is 12.0. The normalized spacial score (nSPS) is 17.9. The third-order valence-electron chi connectivity index (χ3n) is 4.09. The molecule has 1 fully saturated rings. The molecule has 1 aromatic rings. The van der Waals surface area contributed by atoms with E-state index in [4.69, 9.17) is 28.9 Å². The molecule has 1 unspecified atom stereocenters. The van der Waals surface area contributed by atoms with Crippen LogP contribution >= 0.6 is 23.2 Å². The molecule has 0 saturated heterocycles. The molecule has 1 atom stereocenters. The predicted octanol–water partition coefficient (Wildman–Crippen LogP) is 4.71. The van der Waals surface area contributed by atoms with E-state index in [2.05, 4.69) is 0 Å². The second-order valence-corrected chi connectivity index (χ2v) is 6.36. The van der Waals surface area contributed by atoms with Crippen LogP contribution in [0.2, 0.25) is 10.0 Å². The summed E-state index contributed by atoms with van der Waals surface area (Å²) in [5.41, 5.74) is 6.82. The highest BCUT2D eigenvalue weighted by atomic mass is 35.5. The number of carboxylic acid groups (broad SMARTS) is 1. The summed E-state index contributed by atoms with van der Waals surface area (Å²) in [6, 6.07) is 3.17. The molecule has 5 heteroatoms. The molecule has 110 valence electrons. The smallest absolute Gasteiger partial charge is 0.311 e. The van der Waals surface area contributed by atoms with Gasteiger partial charge in [-0.15, -0.1) is 0 Å². The summed E-state index contributed by atoms with van der Waals surface area (Å²) in [7, 11) is 0. The van der Waals surface area contributed by atoms with E-state index >= 15 is 0 Å². The van der Waals surface area contributed by atoms with Gasteiger partial charge in [0.25, 0.3) is 0 Å². The molecule has 1 aromatic carbocycles. The van der Waals surface area contributed by atoms with Crippen molar-refractivity contribution in [2.24, 2.45) is 5.92 Å². The Labute approximate surface area is 129 Å². The Kier molecular flexibility index (Phi) is 5.17. The molecule has 3 N–H and O–H groups in total. The number of benzene rings is 1. The zero-order chi connectivity index (χ0) is 14.7. The van der Waals surface area contributed by atoms with Gasteiger partial charge in [-0.25, -0.2) is 0 Å². The highest BCUT2D eigenvalue weighted by Gasteiger charge is 2.28. The van der Waals surface area contributed by atoms with E-state index in [1.807, 2.05) is 0 Å². The van der Waals surface area contributed by atoms with Gasteiger partial charge < -0.3 is 10.8 Å². The van der Waals surface area contributed by atoms with Crippen LogP contribution in [0.25, 0.3) is 0 Å². The summed E-state index contributed by atoms with van der Waals surface area (Å²) in [5, 5.41) is 10.3. The summed E-state index contributed by atoms with van der Waals surface area (Å²) < 4.78 is 0. The average Bonchev–Trinajstić information content (AvgIpc) is 2.41. The van der Waals surface area contributed by atoms with Crippen LogP contribution in [0, 0.1) is 5.92 Å². The van der Waals surface area contributed by atoms with Crippen molar-refractivity contribution in [2.75, 3.05) is 5.73 Å². The Hall–Kier alpha value is -0.930. The van der Waals surface area contributed by atoms with Gasteiger partial charge in [0.2, 0.25) is 0 Å². The molecule has 3 nitrogen and oxygen atoms in total. The Morgan fingerprint density at radius 2 is 1.95 bits per heavy atom. The summed E-state index contributed by atoms with van der Waals surface area (Å²) in [6.07, 6.45) is 6.41. The first-order valence-corrected chi connectivity index (χ1v) is 7.72. The predicted molar refractivity (Wildman–Crippen MR) is 82.4 cm³/mol. The highest BCUT2D eigenvalue weighted by molar-refractivity contribution is 6.36. The molecule has 0 aliphatic heterocycles. The van der Waals surface area contributed by atoms with Gasteiger partial charge in [-0.05, 0) is 30.0 Å². The van der Waals surface area contributed by atoms with Crippen molar-refractivity contribution in [1.82, 2.24) is 0 Å². The maximum atomic E-state index is 11.6. The Balaban J connectivity index is 2.26. The first-order valence-electron chi connectivity index (χ1n) is 6.96. The van der Waals surface area contributed by atoms with E-state index in [1.54, 1.807) is 12.1 Å². The van der Waals surface area contributed by atoms with Crippen LogP contribution in [0.4, 0.5) is 5.69 Å². The maximum Gasteiger partial charge on any atom is 0.311 e. The highest BCUT2D eigenvalue weighted by Crippen LogP contribution is 2.38. The standard InChI is InChI=1S/C15H19Cl2NO2/c16-10-7-11(14(18)13(17)8-10)12(15(19)20)6-9-4-2-1-3-5-9/h7-9,12H,1-6,18H2,(H,19,20). The van der Waals surface area contributed by atoms with Gasteiger partial charge in [0.05, 0.1) is 16.6 Å². The lowest BCUT2D eigenvalue weighted by atomic mass is 9.80. The molecule has 0 bridgehead atoms. The monoisotopic (exact) mass is 315 g/mol. The van der Waals surface area contributed by atoms with Crippen LogP contribution in [0.15, 0.2) is 12.1 Å². The Morgan fingerprint density at radius 1 is 1.30 bits per heavy atom. The second kappa shape index (κ2) is 6.68. The number of aliphatic carboxylic acids is 1. The van der Waals surface area contributed by atoms with Crippen molar-refractivity contribution in [2.45, 2.75) is 44.4 Å². The van der Waals surface area contributed by atoms with Gasteiger partial charge in [0.15, 0.2) is 0 Å². The average molecular weight is 316 g/mol. The van der Waals surface area contributed by atoms with E-state index in [0.29, 0.717) is 33.6 Å². The molecule has 1 saturated carbocycles. The number of anilines is 1. The molecule has 20 heavy (non-hydrogen) atoms. The van der Waals surface area contributed by atoms with E-state index in [9.17, 15) is 9.90 Å². The Bertz CT molecular complexity index is 499. The first kappa shape index (κ1) is 15.5. The van der Waals surface area contributed by atoms with Gasteiger partial charge >= 0.3 is 5.97 Å². The van der Waals surface area contributed by atoms with Crippen LogP contribution < -0.4 is 5.73 Å². The molecular formula is C15H19Cl2NO2. The fourth-order valence-electron chi connectivity index (χ4n) is 3.01. The number of rotatable bonds is 4. The molecule has 0 aromatic heterocycles. The number of nitrogens with two attached hydrogens (primary N) is 1. The molecule has 1 aliphatic rings. The first-order chi connectivity index (χ1) is 9.49. The van der Waals surface area contributed by atoms with Gasteiger partial charge in [-0.2, -0.15) is 0 Å². The third kappa shape index (κ3) is 3.58. The van der Waals surface area contributed by atoms with Crippen LogP contribution in [-0.4, -0.2) is 11.1 Å². The van der Waals surface area contributed by atoms with Crippen molar-refractivity contribution in [3.63, 3.8) is 0 Å². The van der Waals surface area contributed by atoms with E-state index in [0.717, 1.165) is 12.8 Å². The number of carboxylic acids is 1. The van der Waals surface area contributed by atoms with Gasteiger partial charge in [0.1, 0.15) is 0 Å². The molecule has 1 aliphatic carbocycles. The van der Waals surface area contributed by atoms with Gasteiger partial charge in [0, 0.05) is 5.02 Å². The fraction of sp³-hybridized carbons (Fsp3) is 0.533. The number of hydrogen-bond acceptors (Lipinski definition) is 2. The lowest BCUT2D eigenvalue weighted by molar-refractivity contribution is -0.139. The van der Waals surface area contributed by atoms with E-state index in [-0.39, 0.29) is 0 Å². The van der Waals surface area contributed by atoms with Crippen LogP contribution in [0.1, 0.15) is 50.0 Å². The Morgan fingerprint density at radius 3 is 2.55 bits per heavy atom. The van der Waals surface area contributed by atoms with E-state index in [1.165, 1.54) is 19.3 Å². The quantitative estimate of drug-likeness (QED) is 0.790. The molecular weight excluding hydrogens is 297 g/mol. The summed E-state index contributed by atoms with van der Waals surface area (Å²) in [5.74, 6) is -1.04. The summed E-state index contributed by atoms with van der Waals surface area (Å²) in [4.78, 5) is 11.6. The number of nitrogen functional groups attached to an aromatic ring is 1. The van der Waals surface area contributed by atoms with Gasteiger partial charge in [-0.3, -0.25) is 4.79 Å². The van der Waals surface area contributed by atoms with Crippen LogP contribution in [0.3, 0.4) is 0 Å². The molecule has 0 amide bonds. The van der Waals surface area contributed by atoms with Crippen molar-refractivity contribution < 1.29 is 9.90 Å². The van der Waals surface area contributed by atoms with Crippen molar-refractivity contribution >= 4 is 34.9 Å². The second-order valence-electron chi connectivity index (χ2n) is 5.52. The van der Waals surface area contributed by atoms with Crippen molar-refractivity contribution in [3.8, 4) is 0 Å². The zero-order valence-corrected chi connectivity index (χ0v) is 12.8. The lowest BCUT2D eigenvalue weighted by Gasteiger charge is -2.25. The molecule has 0 heterocycles. The fourth-order valence-corrected chi connectivity index (χ4v) is 3.52. The van der Waals surface area contributed by atoms with Crippen molar-refractivity contribution in [3.05, 3.63) is 27.7 Å². The largest absolute Gasteiger partial charge is 0.481 e. The number of halogens is 2.